The molecule has 1 saturated heterocycles. The first-order chi connectivity index (χ1) is 8.92. The maximum Gasteiger partial charge on any atom is 0.181 e. The van der Waals surface area contributed by atoms with E-state index in [9.17, 15) is 0 Å². The second-order valence-electron chi connectivity index (χ2n) is 4.50. The Hall–Kier alpha value is -1.42. The summed E-state index contributed by atoms with van der Waals surface area (Å²) < 4.78 is 5.32. The summed E-state index contributed by atoms with van der Waals surface area (Å²) in [5.74, 6) is 3.32. The van der Waals surface area contributed by atoms with Gasteiger partial charge < -0.3 is 9.73 Å². The van der Waals surface area contributed by atoms with E-state index in [0.717, 1.165) is 17.0 Å². The zero-order chi connectivity index (χ0) is 12.2. The molecule has 0 spiro atoms. The van der Waals surface area contributed by atoms with Gasteiger partial charge in [0.05, 0.1) is 6.20 Å². The van der Waals surface area contributed by atoms with Crippen LogP contribution in [0.2, 0.25) is 0 Å². The van der Waals surface area contributed by atoms with Gasteiger partial charge in [0.2, 0.25) is 0 Å². The van der Waals surface area contributed by atoms with Crippen LogP contribution in [0.15, 0.2) is 41.3 Å². The predicted molar refractivity (Wildman–Crippen MR) is 75.9 cm³/mol. The molecule has 1 aromatic heterocycles. The van der Waals surface area contributed by atoms with Gasteiger partial charge in [-0.2, -0.15) is 11.8 Å². The van der Waals surface area contributed by atoms with Crippen LogP contribution in [0.1, 0.15) is 12.8 Å². The normalized spacial score (nSPS) is 19.7. The van der Waals surface area contributed by atoms with Crippen LogP contribution in [0, 0.1) is 0 Å². The fourth-order valence-electron chi connectivity index (χ4n) is 2.21. The molecule has 4 heteroatoms. The summed E-state index contributed by atoms with van der Waals surface area (Å²) in [4.78, 5) is 3.95. The molecule has 1 aliphatic heterocycles. The van der Waals surface area contributed by atoms with E-state index < -0.39 is 0 Å². The number of hydrogen-bond acceptors (Lipinski definition) is 4. The Labute approximate surface area is 111 Å². The second kappa shape index (κ2) is 5.48. The Balaban J connectivity index is 1.74. The highest BCUT2D eigenvalue weighted by Gasteiger charge is 2.13. The van der Waals surface area contributed by atoms with E-state index >= 15 is 0 Å². The van der Waals surface area contributed by atoms with Gasteiger partial charge in [-0.25, -0.2) is 4.98 Å². The maximum atomic E-state index is 5.32. The predicted octanol–water partition coefficient (Wildman–Crippen LogP) is 3.65. The number of benzene rings is 1. The van der Waals surface area contributed by atoms with Gasteiger partial charge >= 0.3 is 0 Å². The third kappa shape index (κ3) is 2.70. The third-order valence-electron chi connectivity index (χ3n) is 3.11. The maximum absolute atomic E-state index is 5.32. The zero-order valence-electron chi connectivity index (χ0n) is 10.1. The van der Waals surface area contributed by atoms with Crippen LogP contribution < -0.4 is 5.32 Å². The van der Waals surface area contributed by atoms with Crippen LogP contribution >= 0.6 is 11.8 Å². The largest absolute Gasteiger partial charge is 0.444 e. The highest BCUT2D eigenvalue weighted by Crippen LogP contribution is 2.25. The molecule has 94 valence electrons. The summed E-state index contributed by atoms with van der Waals surface area (Å²) in [7, 11) is 0. The van der Waals surface area contributed by atoms with Gasteiger partial charge in [-0.05, 0) is 30.7 Å². The Kier molecular flexibility index (Phi) is 3.55. The third-order valence-corrected chi connectivity index (χ3v) is 4.33. The van der Waals surface area contributed by atoms with Crippen molar-refractivity contribution in [2.24, 2.45) is 0 Å². The van der Waals surface area contributed by atoms with Gasteiger partial charge in [0.15, 0.2) is 12.2 Å². The van der Waals surface area contributed by atoms with Crippen LogP contribution in [-0.2, 0) is 0 Å². The number of rotatable bonds is 3. The Morgan fingerprint density at radius 2 is 2.39 bits per heavy atom. The van der Waals surface area contributed by atoms with Crippen molar-refractivity contribution in [2.75, 3.05) is 16.8 Å². The van der Waals surface area contributed by atoms with Gasteiger partial charge in [-0.3, -0.25) is 0 Å². The highest BCUT2D eigenvalue weighted by atomic mass is 32.2. The molecule has 3 nitrogen and oxygen atoms in total. The summed E-state index contributed by atoms with van der Waals surface area (Å²) in [6.45, 7) is 0. The van der Waals surface area contributed by atoms with E-state index in [-0.39, 0.29) is 0 Å². The molecule has 2 aromatic rings. The van der Waals surface area contributed by atoms with Gasteiger partial charge in [0, 0.05) is 23.0 Å². The molecule has 3 rings (SSSR count). The number of nitrogens with one attached hydrogen (secondary N) is 1. The summed E-state index contributed by atoms with van der Waals surface area (Å²) in [5, 5.41) is 3.60. The molecular weight excluding hydrogens is 244 g/mol. The number of anilines is 1. The number of oxazole rings is 1. The standard InChI is InChI=1S/C14H16N2OS/c1-3-11(14-8-15-10-17-14)7-12(4-1)16-13-5-2-6-18-9-13/h1,3-4,7-8,10,13,16H,2,5-6,9H2. The van der Waals surface area contributed by atoms with E-state index in [1.54, 1.807) is 6.20 Å². The van der Waals surface area contributed by atoms with Crippen molar-refractivity contribution >= 4 is 17.4 Å². The summed E-state index contributed by atoms with van der Waals surface area (Å²) in [5.41, 5.74) is 2.23. The van der Waals surface area contributed by atoms with Crippen LogP contribution in [0.4, 0.5) is 5.69 Å². The zero-order valence-corrected chi connectivity index (χ0v) is 11.0. The number of aromatic nitrogens is 1. The molecule has 1 aliphatic rings. The van der Waals surface area contributed by atoms with E-state index in [1.165, 1.54) is 30.7 Å². The smallest absolute Gasteiger partial charge is 0.181 e. The summed E-state index contributed by atoms with van der Waals surface area (Å²) in [6, 6.07) is 8.92. The van der Waals surface area contributed by atoms with Gasteiger partial charge in [0.1, 0.15) is 0 Å². The first-order valence-corrected chi connectivity index (χ1v) is 7.40. The fraction of sp³-hybridized carbons (Fsp3) is 0.357. The molecule has 0 radical (unpaired) electrons. The lowest BCUT2D eigenvalue weighted by Crippen LogP contribution is -2.25. The van der Waals surface area contributed by atoms with Gasteiger partial charge in [0.25, 0.3) is 0 Å². The van der Waals surface area contributed by atoms with Crippen molar-refractivity contribution in [3.05, 3.63) is 36.9 Å². The Bertz CT molecular complexity index is 492. The molecule has 0 bridgehead atoms. The van der Waals surface area contributed by atoms with E-state index in [2.05, 4.69) is 28.5 Å². The first-order valence-electron chi connectivity index (χ1n) is 6.25. The molecule has 1 unspecified atom stereocenters. The lowest BCUT2D eigenvalue weighted by atomic mass is 10.1. The molecule has 0 saturated carbocycles. The van der Waals surface area contributed by atoms with E-state index in [0.29, 0.717) is 6.04 Å². The van der Waals surface area contributed by atoms with Gasteiger partial charge in [-0.1, -0.05) is 12.1 Å². The number of hydrogen-bond donors (Lipinski definition) is 1. The average molecular weight is 260 g/mol. The molecular formula is C14H16N2OS. The molecule has 1 atom stereocenters. The van der Waals surface area contributed by atoms with Crippen LogP contribution in [0.25, 0.3) is 11.3 Å². The monoisotopic (exact) mass is 260 g/mol. The number of thioether (sulfide) groups is 1. The van der Waals surface area contributed by atoms with Crippen molar-refractivity contribution < 1.29 is 4.42 Å². The Morgan fingerprint density at radius 1 is 1.39 bits per heavy atom. The molecule has 18 heavy (non-hydrogen) atoms. The second-order valence-corrected chi connectivity index (χ2v) is 5.65. The Morgan fingerprint density at radius 3 is 3.17 bits per heavy atom. The van der Waals surface area contributed by atoms with Crippen molar-refractivity contribution in [3.8, 4) is 11.3 Å². The van der Waals surface area contributed by atoms with E-state index in [4.69, 9.17) is 4.42 Å². The summed E-state index contributed by atoms with van der Waals surface area (Å²) in [6.07, 6.45) is 5.78. The van der Waals surface area contributed by atoms with Crippen molar-refractivity contribution in [2.45, 2.75) is 18.9 Å². The molecule has 2 heterocycles. The topological polar surface area (TPSA) is 38.1 Å². The van der Waals surface area contributed by atoms with Crippen LogP contribution in [0.5, 0.6) is 0 Å². The van der Waals surface area contributed by atoms with E-state index in [1.807, 2.05) is 17.8 Å². The lowest BCUT2D eigenvalue weighted by molar-refractivity contribution is 0.572. The quantitative estimate of drug-likeness (QED) is 0.914. The minimum atomic E-state index is 0.591. The molecule has 1 N–H and O–H groups in total. The molecule has 1 aromatic carbocycles. The van der Waals surface area contributed by atoms with Crippen molar-refractivity contribution in [1.82, 2.24) is 4.98 Å². The summed E-state index contributed by atoms with van der Waals surface area (Å²) >= 11 is 2.03. The van der Waals surface area contributed by atoms with Crippen molar-refractivity contribution in [1.29, 1.82) is 0 Å². The van der Waals surface area contributed by atoms with Crippen LogP contribution in [0.3, 0.4) is 0 Å². The van der Waals surface area contributed by atoms with Gasteiger partial charge in [-0.15, -0.1) is 0 Å². The molecule has 0 aliphatic carbocycles. The highest BCUT2D eigenvalue weighted by molar-refractivity contribution is 7.99. The van der Waals surface area contributed by atoms with Crippen LogP contribution in [-0.4, -0.2) is 22.5 Å². The SMILES string of the molecule is c1cc(NC2CCCSC2)cc(-c2cnco2)c1. The average Bonchev–Trinajstić information content (AvgIpc) is 2.94. The fourth-order valence-corrected chi connectivity index (χ4v) is 3.28. The minimum absolute atomic E-state index is 0.591. The first kappa shape index (κ1) is 11.7. The molecule has 1 fully saturated rings. The molecule has 0 amide bonds. The minimum Gasteiger partial charge on any atom is -0.444 e. The van der Waals surface area contributed by atoms with Crippen molar-refractivity contribution in [3.63, 3.8) is 0 Å². The number of nitrogens with zero attached hydrogens (tertiary/aromatic N) is 1. The lowest BCUT2D eigenvalue weighted by Gasteiger charge is -2.23.